The van der Waals surface area contributed by atoms with Crippen LogP contribution in [0.1, 0.15) is 28.9 Å². The molecule has 0 saturated heterocycles. The molecule has 0 fully saturated rings. The van der Waals surface area contributed by atoms with Gasteiger partial charge in [-0.2, -0.15) is 5.10 Å². The molecule has 4 nitrogen and oxygen atoms in total. The summed E-state index contributed by atoms with van der Waals surface area (Å²) in [5.74, 6) is 0. The standard InChI is InChI=1S/C16H22ClN3O/c1-12-15(10-18-8-5-9-21)13(2)20(19-12)11-14-6-3-4-7-16(14)17/h3-4,6-7,18,21H,5,8-11H2,1-2H3. The molecule has 0 bridgehead atoms. The second-order valence-corrected chi connectivity index (χ2v) is 5.56. The summed E-state index contributed by atoms with van der Waals surface area (Å²) in [5.41, 5.74) is 4.49. The second kappa shape index (κ2) is 7.59. The molecule has 2 N–H and O–H groups in total. The van der Waals surface area contributed by atoms with Crippen molar-refractivity contribution >= 4 is 11.6 Å². The number of aromatic nitrogens is 2. The molecule has 0 radical (unpaired) electrons. The van der Waals surface area contributed by atoms with Gasteiger partial charge < -0.3 is 10.4 Å². The van der Waals surface area contributed by atoms with Crippen molar-refractivity contribution in [3.63, 3.8) is 0 Å². The zero-order valence-electron chi connectivity index (χ0n) is 12.6. The van der Waals surface area contributed by atoms with Crippen LogP contribution < -0.4 is 5.32 Å². The minimum Gasteiger partial charge on any atom is -0.396 e. The molecule has 1 aromatic heterocycles. The smallest absolute Gasteiger partial charge is 0.0677 e. The van der Waals surface area contributed by atoms with E-state index in [0.29, 0.717) is 6.54 Å². The topological polar surface area (TPSA) is 50.1 Å². The summed E-state index contributed by atoms with van der Waals surface area (Å²) < 4.78 is 2.00. The Balaban J connectivity index is 2.10. The number of aliphatic hydroxyl groups excluding tert-OH is 1. The van der Waals surface area contributed by atoms with Gasteiger partial charge >= 0.3 is 0 Å². The molecule has 0 unspecified atom stereocenters. The maximum atomic E-state index is 8.80. The molecular weight excluding hydrogens is 286 g/mol. The summed E-state index contributed by atoms with van der Waals surface area (Å²) in [4.78, 5) is 0. The number of benzene rings is 1. The Morgan fingerprint density at radius 2 is 2.05 bits per heavy atom. The number of hydrogen-bond donors (Lipinski definition) is 2. The molecule has 0 aliphatic heterocycles. The Bertz CT molecular complexity index is 595. The zero-order valence-corrected chi connectivity index (χ0v) is 13.3. The second-order valence-electron chi connectivity index (χ2n) is 5.15. The third-order valence-electron chi connectivity index (χ3n) is 3.62. The van der Waals surface area contributed by atoms with Crippen molar-refractivity contribution in [2.24, 2.45) is 0 Å². The van der Waals surface area contributed by atoms with Crippen LogP contribution in [0.3, 0.4) is 0 Å². The van der Waals surface area contributed by atoms with Crippen molar-refractivity contribution in [3.05, 3.63) is 51.8 Å². The largest absolute Gasteiger partial charge is 0.396 e. The molecule has 5 heteroatoms. The summed E-state index contributed by atoms with van der Waals surface area (Å²) in [5, 5.41) is 17.5. The van der Waals surface area contributed by atoms with E-state index in [0.717, 1.165) is 41.5 Å². The van der Waals surface area contributed by atoms with Crippen LogP contribution in [0.25, 0.3) is 0 Å². The fourth-order valence-electron chi connectivity index (χ4n) is 2.35. The van der Waals surface area contributed by atoms with E-state index in [-0.39, 0.29) is 6.61 Å². The van der Waals surface area contributed by atoms with Gasteiger partial charge in [-0.15, -0.1) is 0 Å². The fourth-order valence-corrected chi connectivity index (χ4v) is 2.54. The number of aryl methyl sites for hydroxylation is 1. The molecule has 1 heterocycles. The maximum Gasteiger partial charge on any atom is 0.0677 e. The monoisotopic (exact) mass is 307 g/mol. The third-order valence-corrected chi connectivity index (χ3v) is 3.99. The highest BCUT2D eigenvalue weighted by Crippen LogP contribution is 2.19. The Kier molecular flexibility index (Phi) is 5.79. The summed E-state index contributed by atoms with van der Waals surface area (Å²) in [6.45, 7) is 6.60. The highest BCUT2D eigenvalue weighted by Gasteiger charge is 2.12. The molecular formula is C16H22ClN3O. The Labute approximate surface area is 130 Å². The first kappa shape index (κ1) is 16.0. The molecule has 2 aromatic rings. The van der Waals surface area contributed by atoms with Gasteiger partial charge in [-0.3, -0.25) is 4.68 Å². The lowest BCUT2D eigenvalue weighted by molar-refractivity contribution is 0.286. The SMILES string of the molecule is Cc1nn(Cc2ccccc2Cl)c(C)c1CNCCCO. The van der Waals surface area contributed by atoms with Gasteiger partial charge in [0.2, 0.25) is 0 Å². The first-order valence-electron chi connectivity index (χ1n) is 7.21. The van der Waals surface area contributed by atoms with E-state index in [2.05, 4.69) is 17.3 Å². The van der Waals surface area contributed by atoms with Crippen molar-refractivity contribution in [1.29, 1.82) is 0 Å². The van der Waals surface area contributed by atoms with Gasteiger partial charge in [0.05, 0.1) is 12.2 Å². The summed E-state index contributed by atoms with van der Waals surface area (Å²) in [6.07, 6.45) is 0.770. The molecule has 0 saturated carbocycles. The van der Waals surface area contributed by atoms with Crippen molar-refractivity contribution in [1.82, 2.24) is 15.1 Å². The van der Waals surface area contributed by atoms with Gasteiger partial charge in [0.25, 0.3) is 0 Å². The van der Waals surface area contributed by atoms with Crippen molar-refractivity contribution < 1.29 is 5.11 Å². The third kappa shape index (κ3) is 4.06. The van der Waals surface area contributed by atoms with Gasteiger partial charge in [-0.25, -0.2) is 0 Å². The molecule has 114 valence electrons. The van der Waals surface area contributed by atoms with Gasteiger partial charge in [0, 0.05) is 29.4 Å². The predicted molar refractivity (Wildman–Crippen MR) is 85.7 cm³/mol. The molecule has 21 heavy (non-hydrogen) atoms. The molecule has 1 aromatic carbocycles. The van der Waals surface area contributed by atoms with Crippen molar-refractivity contribution in [2.45, 2.75) is 33.4 Å². The minimum absolute atomic E-state index is 0.219. The zero-order chi connectivity index (χ0) is 15.2. The normalized spacial score (nSPS) is 11.0. The number of nitrogens with one attached hydrogen (secondary N) is 1. The van der Waals surface area contributed by atoms with E-state index in [4.69, 9.17) is 16.7 Å². The van der Waals surface area contributed by atoms with Crippen LogP contribution >= 0.6 is 11.6 Å². The summed E-state index contributed by atoms with van der Waals surface area (Å²) in [7, 11) is 0. The van der Waals surface area contributed by atoms with E-state index in [1.54, 1.807) is 0 Å². The molecule has 0 spiro atoms. The molecule has 2 rings (SSSR count). The number of aliphatic hydroxyl groups is 1. The Morgan fingerprint density at radius 3 is 2.76 bits per heavy atom. The van der Waals surface area contributed by atoms with Crippen LogP contribution in [0.5, 0.6) is 0 Å². The van der Waals surface area contributed by atoms with Gasteiger partial charge in [0.15, 0.2) is 0 Å². The quantitative estimate of drug-likeness (QED) is 0.773. The van der Waals surface area contributed by atoms with Crippen LogP contribution in [0.4, 0.5) is 0 Å². The molecule has 0 amide bonds. The van der Waals surface area contributed by atoms with Crippen LogP contribution in [-0.4, -0.2) is 28.0 Å². The van der Waals surface area contributed by atoms with Crippen LogP contribution in [0, 0.1) is 13.8 Å². The van der Waals surface area contributed by atoms with Gasteiger partial charge in [0.1, 0.15) is 0 Å². The molecule has 0 atom stereocenters. The highest BCUT2D eigenvalue weighted by molar-refractivity contribution is 6.31. The minimum atomic E-state index is 0.219. The number of rotatable bonds is 7. The fraction of sp³-hybridized carbons (Fsp3) is 0.438. The average molecular weight is 308 g/mol. The van der Waals surface area contributed by atoms with Gasteiger partial charge in [-0.05, 0) is 38.4 Å². The first-order valence-corrected chi connectivity index (χ1v) is 7.59. The van der Waals surface area contributed by atoms with E-state index in [9.17, 15) is 0 Å². The van der Waals surface area contributed by atoms with E-state index >= 15 is 0 Å². The van der Waals surface area contributed by atoms with Crippen LogP contribution in [0.2, 0.25) is 5.02 Å². The lowest BCUT2D eigenvalue weighted by atomic mass is 10.2. The summed E-state index contributed by atoms with van der Waals surface area (Å²) >= 11 is 6.21. The maximum absolute atomic E-state index is 8.80. The van der Waals surface area contributed by atoms with E-state index < -0.39 is 0 Å². The van der Waals surface area contributed by atoms with Crippen molar-refractivity contribution in [2.75, 3.05) is 13.2 Å². The lowest BCUT2D eigenvalue weighted by Crippen LogP contribution is -2.16. The van der Waals surface area contributed by atoms with Crippen LogP contribution in [0.15, 0.2) is 24.3 Å². The molecule has 0 aliphatic carbocycles. The van der Waals surface area contributed by atoms with Crippen molar-refractivity contribution in [3.8, 4) is 0 Å². The number of hydrogen-bond acceptors (Lipinski definition) is 3. The lowest BCUT2D eigenvalue weighted by Gasteiger charge is -2.08. The van der Waals surface area contributed by atoms with Crippen LogP contribution in [-0.2, 0) is 13.1 Å². The Hall–Kier alpha value is -1.36. The molecule has 0 aliphatic rings. The first-order chi connectivity index (χ1) is 10.1. The van der Waals surface area contributed by atoms with E-state index in [1.807, 2.05) is 35.9 Å². The highest BCUT2D eigenvalue weighted by atomic mass is 35.5. The van der Waals surface area contributed by atoms with E-state index in [1.165, 1.54) is 5.56 Å². The predicted octanol–water partition coefficient (Wildman–Crippen LogP) is 2.67. The Morgan fingerprint density at radius 1 is 1.29 bits per heavy atom. The number of halogens is 1. The average Bonchev–Trinajstić information content (AvgIpc) is 2.73. The summed E-state index contributed by atoms with van der Waals surface area (Å²) in [6, 6.07) is 7.85. The number of nitrogens with zero attached hydrogens (tertiary/aromatic N) is 2. The van der Waals surface area contributed by atoms with Gasteiger partial charge in [-0.1, -0.05) is 29.8 Å².